The van der Waals surface area contributed by atoms with Gasteiger partial charge in [-0.3, -0.25) is 4.79 Å². The van der Waals surface area contributed by atoms with Crippen LogP contribution in [0.2, 0.25) is 5.02 Å². The Morgan fingerprint density at radius 3 is 2.58 bits per heavy atom. The number of halogens is 2. The molecule has 0 radical (unpaired) electrons. The lowest BCUT2D eigenvalue weighted by Gasteiger charge is -2.09. The Labute approximate surface area is 205 Å². The number of hydrogen-bond donors (Lipinski definition) is 1. The van der Waals surface area contributed by atoms with Crippen LogP contribution in [-0.4, -0.2) is 15.7 Å². The van der Waals surface area contributed by atoms with Gasteiger partial charge in [-0.25, -0.2) is 4.68 Å². The molecule has 8 heteroatoms. The van der Waals surface area contributed by atoms with Crippen LogP contribution in [0.1, 0.15) is 21.5 Å². The van der Waals surface area contributed by atoms with Crippen molar-refractivity contribution >= 4 is 39.1 Å². The third-order valence-electron chi connectivity index (χ3n) is 4.77. The van der Waals surface area contributed by atoms with Crippen LogP contribution in [0.3, 0.4) is 0 Å². The van der Waals surface area contributed by atoms with E-state index >= 15 is 0 Å². The molecule has 0 atom stereocenters. The first kappa shape index (κ1) is 22.9. The minimum atomic E-state index is -0.224. The molecule has 168 valence electrons. The predicted octanol–water partition coefficient (Wildman–Crippen LogP) is 6.48. The van der Waals surface area contributed by atoms with Crippen LogP contribution < -0.4 is 14.8 Å². The standard InChI is InChI=1S/C25H21BrClN3O3/c1-17-2-11-23(27)24(12-17)32-15-18-3-5-19(6-4-18)25(31)29-21-13-28-30(14-21)16-33-22-9-7-20(26)8-10-22/h2-14H,15-16H2,1H3,(H,29,31). The molecule has 0 saturated carbocycles. The van der Waals surface area contributed by atoms with Crippen molar-refractivity contribution in [2.45, 2.75) is 20.3 Å². The molecule has 0 spiro atoms. The number of nitrogens with one attached hydrogen (secondary N) is 1. The number of carbonyl (C=O) groups excluding carboxylic acids is 1. The number of aromatic nitrogens is 2. The van der Waals surface area contributed by atoms with Crippen LogP contribution in [0.15, 0.2) is 83.6 Å². The van der Waals surface area contributed by atoms with Gasteiger partial charge in [-0.1, -0.05) is 45.7 Å². The van der Waals surface area contributed by atoms with Gasteiger partial charge in [-0.15, -0.1) is 0 Å². The summed E-state index contributed by atoms with van der Waals surface area (Å²) < 4.78 is 14.1. The summed E-state index contributed by atoms with van der Waals surface area (Å²) in [5, 5.41) is 7.63. The second kappa shape index (κ2) is 10.6. The van der Waals surface area contributed by atoms with E-state index in [9.17, 15) is 4.79 Å². The number of nitrogens with zero attached hydrogens (tertiary/aromatic N) is 2. The Morgan fingerprint density at radius 1 is 1.06 bits per heavy atom. The van der Waals surface area contributed by atoms with Crippen molar-refractivity contribution in [1.82, 2.24) is 9.78 Å². The first-order valence-corrected chi connectivity index (χ1v) is 11.3. The molecule has 0 aliphatic heterocycles. The fourth-order valence-corrected chi connectivity index (χ4v) is 3.44. The van der Waals surface area contributed by atoms with E-state index in [2.05, 4.69) is 26.3 Å². The summed E-state index contributed by atoms with van der Waals surface area (Å²) in [7, 11) is 0. The lowest BCUT2D eigenvalue weighted by atomic mass is 10.1. The number of ether oxygens (including phenoxy) is 2. The van der Waals surface area contributed by atoms with Crippen LogP contribution in [0.4, 0.5) is 5.69 Å². The molecular weight excluding hydrogens is 506 g/mol. The van der Waals surface area contributed by atoms with Crippen LogP contribution in [0.25, 0.3) is 0 Å². The maximum absolute atomic E-state index is 12.6. The zero-order chi connectivity index (χ0) is 23.2. The van der Waals surface area contributed by atoms with E-state index in [-0.39, 0.29) is 12.6 Å². The average Bonchev–Trinajstić information content (AvgIpc) is 3.27. The molecule has 1 heterocycles. The van der Waals surface area contributed by atoms with Crippen molar-refractivity contribution in [2.75, 3.05) is 5.32 Å². The smallest absolute Gasteiger partial charge is 0.255 e. The van der Waals surface area contributed by atoms with Crippen LogP contribution >= 0.6 is 27.5 Å². The molecule has 4 rings (SSSR count). The van der Waals surface area contributed by atoms with E-state index in [0.717, 1.165) is 21.3 Å². The van der Waals surface area contributed by atoms with Gasteiger partial charge in [0.05, 0.1) is 23.1 Å². The molecule has 6 nitrogen and oxygen atoms in total. The number of aryl methyl sites for hydroxylation is 1. The van der Waals surface area contributed by atoms with Gasteiger partial charge in [0.15, 0.2) is 6.73 Å². The monoisotopic (exact) mass is 525 g/mol. The third kappa shape index (κ3) is 6.37. The lowest BCUT2D eigenvalue weighted by Crippen LogP contribution is -2.11. The van der Waals surface area contributed by atoms with Gasteiger partial charge in [-0.2, -0.15) is 5.10 Å². The van der Waals surface area contributed by atoms with Crippen LogP contribution in [-0.2, 0) is 13.3 Å². The van der Waals surface area contributed by atoms with Crippen molar-refractivity contribution in [3.63, 3.8) is 0 Å². The van der Waals surface area contributed by atoms with Gasteiger partial charge in [-0.05, 0) is 66.6 Å². The normalized spacial score (nSPS) is 10.6. The molecule has 3 aromatic carbocycles. The number of benzene rings is 3. The summed E-state index contributed by atoms with van der Waals surface area (Å²) in [4.78, 5) is 12.6. The highest BCUT2D eigenvalue weighted by molar-refractivity contribution is 9.10. The summed E-state index contributed by atoms with van der Waals surface area (Å²) in [6, 6.07) is 20.4. The maximum atomic E-state index is 12.6. The van der Waals surface area contributed by atoms with Gasteiger partial charge < -0.3 is 14.8 Å². The summed E-state index contributed by atoms with van der Waals surface area (Å²) in [6.07, 6.45) is 3.29. The Hall–Kier alpha value is -3.29. The predicted molar refractivity (Wildman–Crippen MR) is 132 cm³/mol. The molecule has 4 aromatic rings. The molecule has 0 bridgehead atoms. The molecule has 1 amide bonds. The zero-order valence-electron chi connectivity index (χ0n) is 17.8. The van der Waals surface area contributed by atoms with Crippen molar-refractivity contribution in [3.05, 3.63) is 105 Å². The summed E-state index contributed by atoms with van der Waals surface area (Å²) >= 11 is 9.56. The number of amides is 1. The molecule has 1 N–H and O–H groups in total. The first-order chi connectivity index (χ1) is 16.0. The molecule has 1 aromatic heterocycles. The Bertz CT molecular complexity index is 1240. The molecular formula is C25H21BrClN3O3. The van der Waals surface area contributed by atoms with E-state index in [1.807, 2.05) is 61.5 Å². The number of rotatable bonds is 8. The van der Waals surface area contributed by atoms with Crippen LogP contribution in [0.5, 0.6) is 11.5 Å². The summed E-state index contributed by atoms with van der Waals surface area (Å²) in [5.41, 5.74) is 3.12. The summed E-state index contributed by atoms with van der Waals surface area (Å²) in [5.74, 6) is 1.14. The van der Waals surface area contributed by atoms with Crippen LogP contribution in [0, 0.1) is 6.92 Å². The van der Waals surface area contributed by atoms with Crippen molar-refractivity contribution in [3.8, 4) is 11.5 Å². The minimum absolute atomic E-state index is 0.224. The zero-order valence-corrected chi connectivity index (χ0v) is 20.1. The van der Waals surface area contributed by atoms with Gasteiger partial charge in [0.25, 0.3) is 5.91 Å². The maximum Gasteiger partial charge on any atom is 0.255 e. The highest BCUT2D eigenvalue weighted by Gasteiger charge is 2.09. The molecule has 0 fully saturated rings. The van der Waals surface area contributed by atoms with E-state index in [1.54, 1.807) is 29.2 Å². The van der Waals surface area contributed by atoms with E-state index in [1.165, 1.54) is 0 Å². The van der Waals surface area contributed by atoms with Gasteiger partial charge in [0, 0.05) is 10.0 Å². The SMILES string of the molecule is Cc1ccc(Cl)c(OCc2ccc(C(=O)Nc3cnn(COc4ccc(Br)cc4)c3)cc2)c1. The molecule has 0 aliphatic rings. The second-order valence-corrected chi connectivity index (χ2v) is 8.69. The fraction of sp³-hybridized carbons (Fsp3) is 0.120. The molecule has 33 heavy (non-hydrogen) atoms. The lowest BCUT2D eigenvalue weighted by molar-refractivity contribution is 0.102. The fourth-order valence-electron chi connectivity index (χ4n) is 3.01. The van der Waals surface area contributed by atoms with Crippen molar-refractivity contribution < 1.29 is 14.3 Å². The Balaban J connectivity index is 1.29. The quantitative estimate of drug-likeness (QED) is 0.286. The average molecular weight is 527 g/mol. The Morgan fingerprint density at radius 2 is 1.82 bits per heavy atom. The van der Waals surface area contributed by atoms with E-state index < -0.39 is 0 Å². The van der Waals surface area contributed by atoms with E-state index in [4.69, 9.17) is 21.1 Å². The second-order valence-electron chi connectivity index (χ2n) is 7.37. The van der Waals surface area contributed by atoms with Crippen molar-refractivity contribution in [1.29, 1.82) is 0 Å². The number of hydrogen-bond acceptors (Lipinski definition) is 4. The summed E-state index contributed by atoms with van der Waals surface area (Å²) in [6.45, 7) is 2.57. The van der Waals surface area contributed by atoms with Gasteiger partial charge in [0.2, 0.25) is 0 Å². The van der Waals surface area contributed by atoms with Gasteiger partial charge >= 0.3 is 0 Å². The molecule has 0 saturated heterocycles. The molecule has 0 unspecified atom stereocenters. The Kier molecular flexibility index (Phi) is 7.32. The van der Waals surface area contributed by atoms with Crippen molar-refractivity contribution in [2.24, 2.45) is 0 Å². The highest BCUT2D eigenvalue weighted by Crippen LogP contribution is 2.26. The van der Waals surface area contributed by atoms with E-state index in [0.29, 0.717) is 28.6 Å². The minimum Gasteiger partial charge on any atom is -0.487 e. The topological polar surface area (TPSA) is 65.4 Å². The third-order valence-corrected chi connectivity index (χ3v) is 5.61. The number of carbonyl (C=O) groups is 1. The largest absolute Gasteiger partial charge is 0.487 e. The first-order valence-electron chi connectivity index (χ1n) is 10.2. The van der Waals surface area contributed by atoms with Gasteiger partial charge in [0.1, 0.15) is 18.1 Å². The highest BCUT2D eigenvalue weighted by atomic mass is 79.9. The molecule has 0 aliphatic carbocycles. The number of anilines is 1.